The molecule has 0 bridgehead atoms. The Morgan fingerprint density at radius 1 is 1.07 bits per heavy atom. The third kappa shape index (κ3) is 8.44. The van der Waals surface area contributed by atoms with Crippen LogP contribution in [0.25, 0.3) is 0 Å². The zero-order chi connectivity index (χ0) is 10.8. The van der Waals surface area contributed by atoms with E-state index >= 15 is 0 Å². The molecule has 4 nitrogen and oxygen atoms in total. The van der Waals surface area contributed by atoms with Gasteiger partial charge in [0.15, 0.2) is 0 Å². The highest BCUT2D eigenvalue weighted by Gasteiger charge is 2.07. The Morgan fingerprint density at radius 2 is 1.79 bits per heavy atom. The van der Waals surface area contributed by atoms with Crippen molar-refractivity contribution in [2.45, 2.75) is 26.1 Å². The van der Waals surface area contributed by atoms with Crippen molar-refractivity contribution in [3.8, 4) is 0 Å². The minimum Gasteiger partial charge on any atom is -0.383 e. The van der Waals surface area contributed by atoms with E-state index in [1.54, 1.807) is 14.2 Å². The molecule has 86 valence electrons. The Bertz CT molecular complexity index is 122. The molecule has 1 N–H and O–H groups in total. The molecule has 0 aromatic carbocycles. The number of nitrogens with one attached hydrogen (secondary N) is 1. The lowest BCUT2D eigenvalue weighted by Gasteiger charge is -2.18. The summed E-state index contributed by atoms with van der Waals surface area (Å²) in [5.41, 5.74) is 0. The number of rotatable bonds is 9. The Labute approximate surface area is 86.9 Å². The van der Waals surface area contributed by atoms with Gasteiger partial charge in [-0.15, -0.1) is 0 Å². The van der Waals surface area contributed by atoms with E-state index in [1.807, 2.05) is 13.8 Å². The van der Waals surface area contributed by atoms with Gasteiger partial charge >= 0.3 is 0 Å². The summed E-state index contributed by atoms with van der Waals surface area (Å²) in [5, 5.41) is 3.24. The number of ether oxygens (including phenoxy) is 3. The van der Waals surface area contributed by atoms with Crippen molar-refractivity contribution in [3.63, 3.8) is 0 Å². The molecule has 0 aliphatic heterocycles. The van der Waals surface area contributed by atoms with Crippen LogP contribution < -0.4 is 5.32 Å². The fourth-order valence-corrected chi connectivity index (χ4v) is 1.20. The van der Waals surface area contributed by atoms with Gasteiger partial charge in [-0.2, -0.15) is 0 Å². The summed E-state index contributed by atoms with van der Waals surface area (Å²) < 4.78 is 15.5. The molecule has 2 atom stereocenters. The Morgan fingerprint density at radius 3 is 2.36 bits per heavy atom. The fraction of sp³-hybridized carbons (Fsp3) is 1.00. The maximum absolute atomic E-state index is 5.64. The Kier molecular flexibility index (Phi) is 9.29. The lowest BCUT2D eigenvalue weighted by molar-refractivity contribution is -0.0302. The van der Waals surface area contributed by atoms with Crippen LogP contribution in [0.3, 0.4) is 0 Å². The van der Waals surface area contributed by atoms with Crippen LogP contribution in [0, 0.1) is 0 Å². The third-order valence-corrected chi connectivity index (χ3v) is 1.78. The lowest BCUT2D eigenvalue weighted by Crippen LogP contribution is -2.32. The maximum atomic E-state index is 5.64. The zero-order valence-electron chi connectivity index (χ0n) is 9.71. The van der Waals surface area contributed by atoms with Crippen molar-refractivity contribution < 1.29 is 14.2 Å². The van der Waals surface area contributed by atoms with Crippen LogP contribution in [-0.2, 0) is 14.2 Å². The van der Waals surface area contributed by atoms with E-state index < -0.39 is 0 Å². The summed E-state index contributed by atoms with van der Waals surface area (Å²) >= 11 is 0. The van der Waals surface area contributed by atoms with E-state index in [0.717, 1.165) is 19.7 Å². The lowest BCUT2D eigenvalue weighted by atomic mass is 10.3. The van der Waals surface area contributed by atoms with Gasteiger partial charge in [0.2, 0.25) is 0 Å². The molecule has 0 spiro atoms. The second-order valence-corrected chi connectivity index (χ2v) is 3.41. The van der Waals surface area contributed by atoms with E-state index in [-0.39, 0.29) is 12.2 Å². The summed E-state index contributed by atoms with van der Waals surface area (Å²) in [6, 6.07) is 0. The van der Waals surface area contributed by atoms with E-state index in [0.29, 0.717) is 6.61 Å². The van der Waals surface area contributed by atoms with Crippen LogP contribution in [-0.4, -0.2) is 52.7 Å². The van der Waals surface area contributed by atoms with E-state index in [2.05, 4.69) is 5.32 Å². The van der Waals surface area contributed by atoms with Gasteiger partial charge in [-0.1, -0.05) is 0 Å². The summed E-state index contributed by atoms with van der Waals surface area (Å²) in [6.45, 7) is 7.14. The van der Waals surface area contributed by atoms with Crippen molar-refractivity contribution in [2.24, 2.45) is 0 Å². The van der Waals surface area contributed by atoms with Gasteiger partial charge in [0.05, 0.1) is 25.4 Å². The van der Waals surface area contributed by atoms with Crippen molar-refractivity contribution >= 4 is 0 Å². The standard InChI is InChI=1S/C10H23NO3/c1-9(7-11-5-6-12-3)14-10(2)8-13-4/h9-11H,5-8H2,1-4H3. The fourth-order valence-electron chi connectivity index (χ4n) is 1.20. The van der Waals surface area contributed by atoms with Crippen molar-refractivity contribution in [1.29, 1.82) is 0 Å². The first-order valence-electron chi connectivity index (χ1n) is 5.04. The van der Waals surface area contributed by atoms with Gasteiger partial charge in [-0.3, -0.25) is 0 Å². The first kappa shape index (κ1) is 13.8. The predicted molar refractivity (Wildman–Crippen MR) is 56.6 cm³/mol. The molecule has 4 heteroatoms. The number of hydrogen-bond acceptors (Lipinski definition) is 4. The molecule has 0 heterocycles. The van der Waals surface area contributed by atoms with Crippen LogP contribution in [0.2, 0.25) is 0 Å². The Hall–Kier alpha value is -0.160. The first-order chi connectivity index (χ1) is 6.70. The molecule has 0 aliphatic rings. The first-order valence-corrected chi connectivity index (χ1v) is 5.04. The summed E-state index contributed by atoms with van der Waals surface area (Å²) in [6.07, 6.45) is 0.358. The van der Waals surface area contributed by atoms with Crippen molar-refractivity contribution in [3.05, 3.63) is 0 Å². The molecular weight excluding hydrogens is 182 g/mol. The minimum atomic E-state index is 0.152. The summed E-state index contributed by atoms with van der Waals surface area (Å²) in [5.74, 6) is 0. The van der Waals surface area contributed by atoms with Crippen molar-refractivity contribution in [1.82, 2.24) is 5.32 Å². The normalized spacial score (nSPS) is 15.4. The molecule has 0 aromatic rings. The molecule has 0 saturated carbocycles. The van der Waals surface area contributed by atoms with Gasteiger partial charge in [-0.25, -0.2) is 0 Å². The average Bonchev–Trinajstić information content (AvgIpc) is 2.13. The van der Waals surface area contributed by atoms with Crippen LogP contribution in [0.1, 0.15) is 13.8 Å². The highest BCUT2D eigenvalue weighted by molar-refractivity contribution is 4.58. The predicted octanol–water partition coefficient (Wildman–Crippen LogP) is 0.662. The number of hydrogen-bond donors (Lipinski definition) is 1. The maximum Gasteiger partial charge on any atom is 0.0784 e. The average molecular weight is 205 g/mol. The quantitative estimate of drug-likeness (QED) is 0.561. The highest BCUT2D eigenvalue weighted by atomic mass is 16.5. The van der Waals surface area contributed by atoms with Gasteiger partial charge in [0, 0.05) is 27.3 Å². The Balaban J connectivity index is 3.30. The zero-order valence-corrected chi connectivity index (χ0v) is 9.71. The molecular formula is C10H23NO3. The molecule has 0 saturated heterocycles. The molecule has 2 unspecified atom stereocenters. The largest absolute Gasteiger partial charge is 0.383 e. The van der Waals surface area contributed by atoms with Crippen LogP contribution in [0.5, 0.6) is 0 Å². The molecule has 0 fully saturated rings. The smallest absolute Gasteiger partial charge is 0.0784 e. The topological polar surface area (TPSA) is 39.7 Å². The molecule has 0 aromatic heterocycles. The van der Waals surface area contributed by atoms with Gasteiger partial charge in [0.25, 0.3) is 0 Å². The van der Waals surface area contributed by atoms with E-state index in [4.69, 9.17) is 14.2 Å². The van der Waals surface area contributed by atoms with Crippen molar-refractivity contribution in [2.75, 3.05) is 40.5 Å². The molecule has 0 aliphatic carbocycles. The second kappa shape index (κ2) is 9.40. The third-order valence-electron chi connectivity index (χ3n) is 1.78. The molecule has 0 radical (unpaired) electrons. The van der Waals surface area contributed by atoms with E-state index in [1.165, 1.54) is 0 Å². The molecule has 0 rings (SSSR count). The van der Waals surface area contributed by atoms with Gasteiger partial charge in [-0.05, 0) is 13.8 Å². The summed E-state index contributed by atoms with van der Waals surface area (Å²) in [4.78, 5) is 0. The SMILES string of the molecule is COCCNCC(C)OC(C)COC. The second-order valence-electron chi connectivity index (χ2n) is 3.41. The molecule has 14 heavy (non-hydrogen) atoms. The number of methoxy groups -OCH3 is 2. The summed E-state index contributed by atoms with van der Waals surface area (Å²) in [7, 11) is 3.38. The van der Waals surface area contributed by atoms with Gasteiger partial charge < -0.3 is 19.5 Å². The monoisotopic (exact) mass is 205 g/mol. The van der Waals surface area contributed by atoms with Crippen LogP contribution in [0.15, 0.2) is 0 Å². The van der Waals surface area contributed by atoms with Crippen LogP contribution >= 0.6 is 0 Å². The molecule has 0 amide bonds. The minimum absolute atomic E-state index is 0.152. The van der Waals surface area contributed by atoms with E-state index in [9.17, 15) is 0 Å². The van der Waals surface area contributed by atoms with Crippen LogP contribution in [0.4, 0.5) is 0 Å². The highest BCUT2D eigenvalue weighted by Crippen LogP contribution is 1.97. The van der Waals surface area contributed by atoms with Gasteiger partial charge in [0.1, 0.15) is 0 Å².